The van der Waals surface area contributed by atoms with Crippen LogP contribution in [0.1, 0.15) is 6.92 Å². The van der Waals surface area contributed by atoms with Crippen LogP contribution in [0.25, 0.3) is 0 Å². The van der Waals surface area contributed by atoms with Crippen molar-refractivity contribution in [2.75, 3.05) is 39.6 Å². The van der Waals surface area contributed by atoms with Crippen LogP contribution in [-0.4, -0.2) is 45.7 Å². The van der Waals surface area contributed by atoms with E-state index >= 15 is 0 Å². The minimum atomic E-state index is 0.201. The molecule has 1 rings (SSSR count). The SMILES string of the molecule is CC(CN(C)C)Oc1cccc(N(C)C)c1. The molecule has 0 bridgehead atoms. The minimum Gasteiger partial charge on any atom is -0.489 e. The topological polar surface area (TPSA) is 15.7 Å². The first-order valence-corrected chi connectivity index (χ1v) is 5.58. The molecule has 0 saturated heterocycles. The lowest BCUT2D eigenvalue weighted by Gasteiger charge is -2.20. The van der Waals surface area contributed by atoms with Gasteiger partial charge in [0.05, 0.1) is 0 Å². The average Bonchev–Trinajstić information content (AvgIpc) is 2.16. The second-order valence-corrected chi connectivity index (χ2v) is 4.58. The smallest absolute Gasteiger partial charge is 0.121 e. The third-order valence-corrected chi connectivity index (χ3v) is 2.29. The highest BCUT2D eigenvalue weighted by Gasteiger charge is 2.06. The lowest BCUT2D eigenvalue weighted by Crippen LogP contribution is -2.28. The molecule has 90 valence electrons. The molecule has 3 heteroatoms. The molecule has 0 saturated carbocycles. The van der Waals surface area contributed by atoms with E-state index in [1.165, 1.54) is 0 Å². The molecule has 1 atom stereocenters. The van der Waals surface area contributed by atoms with E-state index < -0.39 is 0 Å². The number of anilines is 1. The van der Waals surface area contributed by atoms with Crippen LogP contribution < -0.4 is 9.64 Å². The molecule has 0 fully saturated rings. The Morgan fingerprint density at radius 2 is 1.88 bits per heavy atom. The summed E-state index contributed by atoms with van der Waals surface area (Å²) in [7, 11) is 8.16. The van der Waals surface area contributed by atoms with Gasteiger partial charge in [0.15, 0.2) is 0 Å². The molecule has 1 unspecified atom stereocenters. The molecular formula is C13H22N2O. The average molecular weight is 222 g/mol. The van der Waals surface area contributed by atoms with E-state index in [-0.39, 0.29) is 6.10 Å². The maximum atomic E-state index is 5.85. The van der Waals surface area contributed by atoms with E-state index in [1.54, 1.807) is 0 Å². The second-order valence-electron chi connectivity index (χ2n) is 4.58. The Morgan fingerprint density at radius 1 is 1.19 bits per heavy atom. The first kappa shape index (κ1) is 12.8. The maximum absolute atomic E-state index is 5.85. The molecule has 0 aliphatic heterocycles. The fraction of sp³-hybridized carbons (Fsp3) is 0.538. The van der Waals surface area contributed by atoms with Crippen LogP contribution >= 0.6 is 0 Å². The predicted octanol–water partition coefficient (Wildman–Crippen LogP) is 2.08. The van der Waals surface area contributed by atoms with Crippen molar-refractivity contribution in [3.63, 3.8) is 0 Å². The fourth-order valence-corrected chi connectivity index (χ4v) is 1.62. The predicted molar refractivity (Wildman–Crippen MR) is 69.4 cm³/mol. The van der Waals surface area contributed by atoms with Gasteiger partial charge in [-0.05, 0) is 33.2 Å². The van der Waals surface area contributed by atoms with Gasteiger partial charge in [-0.2, -0.15) is 0 Å². The third-order valence-electron chi connectivity index (χ3n) is 2.29. The summed E-state index contributed by atoms with van der Waals surface area (Å²) in [5.74, 6) is 0.931. The van der Waals surface area contributed by atoms with Crippen molar-refractivity contribution in [3.8, 4) is 5.75 Å². The van der Waals surface area contributed by atoms with Crippen LogP contribution in [0.3, 0.4) is 0 Å². The molecule has 0 N–H and O–H groups in total. The van der Waals surface area contributed by atoms with Gasteiger partial charge >= 0.3 is 0 Å². The van der Waals surface area contributed by atoms with Crippen molar-refractivity contribution in [3.05, 3.63) is 24.3 Å². The van der Waals surface area contributed by atoms with Crippen molar-refractivity contribution >= 4 is 5.69 Å². The number of hydrogen-bond acceptors (Lipinski definition) is 3. The summed E-state index contributed by atoms with van der Waals surface area (Å²) >= 11 is 0. The minimum absolute atomic E-state index is 0.201. The van der Waals surface area contributed by atoms with Crippen LogP contribution in [0, 0.1) is 0 Å². The van der Waals surface area contributed by atoms with Gasteiger partial charge in [-0.15, -0.1) is 0 Å². The van der Waals surface area contributed by atoms with Crippen LogP contribution in [0.2, 0.25) is 0 Å². The van der Waals surface area contributed by atoms with Gasteiger partial charge in [0.1, 0.15) is 11.9 Å². The summed E-state index contributed by atoms with van der Waals surface area (Å²) in [5.41, 5.74) is 1.16. The standard InChI is InChI=1S/C13H22N2O/c1-11(10-14(2)3)16-13-8-6-7-12(9-13)15(4)5/h6-9,11H,10H2,1-5H3. The Kier molecular flexibility index (Phi) is 4.62. The van der Waals surface area contributed by atoms with Crippen molar-refractivity contribution in [2.24, 2.45) is 0 Å². The zero-order chi connectivity index (χ0) is 12.1. The lowest BCUT2D eigenvalue weighted by atomic mass is 10.3. The monoisotopic (exact) mass is 222 g/mol. The second kappa shape index (κ2) is 5.75. The molecule has 3 nitrogen and oxygen atoms in total. The number of benzene rings is 1. The molecule has 16 heavy (non-hydrogen) atoms. The normalized spacial score (nSPS) is 12.6. The van der Waals surface area contributed by atoms with Crippen LogP contribution in [0.4, 0.5) is 5.69 Å². The van der Waals surface area contributed by atoms with Crippen molar-refractivity contribution in [1.82, 2.24) is 4.90 Å². The third kappa shape index (κ3) is 4.11. The summed E-state index contributed by atoms with van der Waals surface area (Å²) in [5, 5.41) is 0. The van der Waals surface area contributed by atoms with Gasteiger partial charge < -0.3 is 14.5 Å². The zero-order valence-corrected chi connectivity index (χ0v) is 10.9. The van der Waals surface area contributed by atoms with Gasteiger partial charge in [-0.1, -0.05) is 6.07 Å². The highest BCUT2D eigenvalue weighted by atomic mass is 16.5. The van der Waals surface area contributed by atoms with Crippen LogP contribution in [-0.2, 0) is 0 Å². The van der Waals surface area contributed by atoms with Crippen molar-refractivity contribution in [2.45, 2.75) is 13.0 Å². The molecule has 0 spiro atoms. The summed E-state index contributed by atoms with van der Waals surface area (Å²) in [6.07, 6.45) is 0.201. The Balaban J connectivity index is 2.63. The van der Waals surface area contributed by atoms with Crippen molar-refractivity contribution < 1.29 is 4.74 Å². The van der Waals surface area contributed by atoms with E-state index in [1.807, 2.05) is 26.2 Å². The summed E-state index contributed by atoms with van der Waals surface area (Å²) in [4.78, 5) is 4.20. The molecule has 0 aliphatic carbocycles. The lowest BCUT2D eigenvalue weighted by molar-refractivity contribution is 0.177. The molecule has 0 aliphatic rings. The van der Waals surface area contributed by atoms with Gasteiger partial charge in [-0.3, -0.25) is 0 Å². The number of nitrogens with zero attached hydrogens (tertiary/aromatic N) is 2. The summed E-state index contributed by atoms with van der Waals surface area (Å²) in [6, 6.07) is 8.15. The maximum Gasteiger partial charge on any atom is 0.121 e. The molecule has 1 aromatic carbocycles. The van der Waals surface area contributed by atoms with Crippen LogP contribution in [0.15, 0.2) is 24.3 Å². The Hall–Kier alpha value is -1.22. The first-order valence-electron chi connectivity index (χ1n) is 5.58. The van der Waals surface area contributed by atoms with Gasteiger partial charge in [0.2, 0.25) is 0 Å². The van der Waals surface area contributed by atoms with Gasteiger partial charge in [-0.25, -0.2) is 0 Å². The number of ether oxygens (including phenoxy) is 1. The van der Waals surface area contributed by atoms with E-state index in [9.17, 15) is 0 Å². The van der Waals surface area contributed by atoms with Gasteiger partial charge in [0.25, 0.3) is 0 Å². The summed E-state index contributed by atoms with van der Waals surface area (Å²) in [6.45, 7) is 3.01. The van der Waals surface area contributed by atoms with E-state index in [4.69, 9.17) is 4.74 Å². The number of hydrogen-bond donors (Lipinski definition) is 0. The van der Waals surface area contributed by atoms with Gasteiger partial charge in [0, 0.05) is 32.4 Å². The largest absolute Gasteiger partial charge is 0.489 e. The first-order chi connectivity index (χ1) is 7.49. The highest BCUT2D eigenvalue weighted by molar-refractivity contribution is 5.49. The quantitative estimate of drug-likeness (QED) is 0.758. The highest BCUT2D eigenvalue weighted by Crippen LogP contribution is 2.20. The van der Waals surface area contributed by atoms with E-state index in [0.29, 0.717) is 0 Å². The molecule has 0 radical (unpaired) electrons. The summed E-state index contributed by atoms with van der Waals surface area (Å²) < 4.78 is 5.85. The van der Waals surface area contributed by atoms with Crippen molar-refractivity contribution in [1.29, 1.82) is 0 Å². The fourth-order valence-electron chi connectivity index (χ4n) is 1.62. The molecule has 0 amide bonds. The van der Waals surface area contributed by atoms with E-state index in [0.717, 1.165) is 18.0 Å². The Bertz CT molecular complexity index is 323. The molecule has 0 aromatic heterocycles. The van der Waals surface area contributed by atoms with E-state index in [2.05, 4.69) is 43.0 Å². The Morgan fingerprint density at radius 3 is 2.44 bits per heavy atom. The Labute approximate surface area is 98.6 Å². The zero-order valence-electron chi connectivity index (χ0n) is 10.9. The molecule has 0 heterocycles. The van der Waals surface area contributed by atoms with Crippen LogP contribution in [0.5, 0.6) is 5.75 Å². The number of rotatable bonds is 5. The molecular weight excluding hydrogens is 200 g/mol. The number of likely N-dealkylation sites (N-methyl/N-ethyl adjacent to an activating group) is 1. The molecule has 1 aromatic rings.